The minimum Gasteiger partial charge on any atom is -0.365 e. The molecular formula is C10H12N6. The van der Waals surface area contributed by atoms with Crippen molar-refractivity contribution >= 4 is 17.0 Å². The van der Waals surface area contributed by atoms with Gasteiger partial charge in [0.2, 0.25) is 0 Å². The number of rotatable bonds is 3. The fraction of sp³-hybridized carbons (Fsp3) is 0.600. The van der Waals surface area contributed by atoms with Gasteiger partial charge in [-0.05, 0) is 25.7 Å². The van der Waals surface area contributed by atoms with Crippen molar-refractivity contribution in [1.82, 2.24) is 25.0 Å². The summed E-state index contributed by atoms with van der Waals surface area (Å²) in [6.45, 7) is 0. The molecule has 0 radical (unpaired) electrons. The minimum absolute atomic E-state index is 0.508. The summed E-state index contributed by atoms with van der Waals surface area (Å²) in [7, 11) is 0. The molecule has 2 aromatic rings. The highest BCUT2D eigenvalue weighted by atomic mass is 15.5. The van der Waals surface area contributed by atoms with Crippen molar-refractivity contribution in [2.45, 2.75) is 37.8 Å². The fourth-order valence-electron chi connectivity index (χ4n) is 1.86. The van der Waals surface area contributed by atoms with E-state index in [0.29, 0.717) is 12.1 Å². The van der Waals surface area contributed by atoms with Crippen molar-refractivity contribution in [3.05, 3.63) is 6.33 Å². The smallest absolute Gasteiger partial charge is 0.184 e. The molecule has 6 nitrogen and oxygen atoms in total. The van der Waals surface area contributed by atoms with E-state index in [-0.39, 0.29) is 0 Å². The van der Waals surface area contributed by atoms with Gasteiger partial charge in [0.25, 0.3) is 0 Å². The second-order valence-corrected chi connectivity index (χ2v) is 4.58. The lowest BCUT2D eigenvalue weighted by Gasteiger charge is -2.02. The summed E-state index contributed by atoms with van der Waals surface area (Å²) in [5, 5.41) is 11.7. The highest BCUT2D eigenvalue weighted by Gasteiger charge is 2.29. The molecule has 0 bridgehead atoms. The molecule has 2 heterocycles. The van der Waals surface area contributed by atoms with Gasteiger partial charge in [0.05, 0.1) is 6.04 Å². The summed E-state index contributed by atoms with van der Waals surface area (Å²) in [5.74, 6) is 0.833. The molecule has 2 fully saturated rings. The van der Waals surface area contributed by atoms with Crippen LogP contribution in [0.15, 0.2) is 6.33 Å². The summed E-state index contributed by atoms with van der Waals surface area (Å²) in [5.41, 5.74) is 1.67. The molecule has 2 aliphatic carbocycles. The third-order valence-corrected chi connectivity index (χ3v) is 3.07. The SMILES string of the molecule is c1nc(NC2CC2)c2nnn(C3CC3)c2n1. The zero-order valence-electron chi connectivity index (χ0n) is 8.80. The molecule has 0 aromatic carbocycles. The summed E-state index contributed by atoms with van der Waals surface area (Å²) in [6, 6.07) is 1.08. The van der Waals surface area contributed by atoms with Gasteiger partial charge in [-0.15, -0.1) is 5.10 Å². The Morgan fingerprint density at radius 1 is 1.19 bits per heavy atom. The molecule has 2 aliphatic rings. The molecule has 0 saturated heterocycles. The maximum absolute atomic E-state index is 4.28. The number of aromatic nitrogens is 5. The van der Waals surface area contributed by atoms with Crippen LogP contribution in [-0.2, 0) is 0 Å². The standard InChI is InChI=1S/C10H12N6/c1-2-6(1)13-9-8-10(12-5-11-9)16(15-14-8)7-3-4-7/h5-7H,1-4H2,(H,11,12,13). The summed E-state index contributed by atoms with van der Waals surface area (Å²) < 4.78 is 1.93. The first kappa shape index (κ1) is 8.43. The molecule has 4 rings (SSSR count). The van der Waals surface area contributed by atoms with Gasteiger partial charge in [-0.3, -0.25) is 0 Å². The Hall–Kier alpha value is -1.72. The van der Waals surface area contributed by atoms with Gasteiger partial charge in [-0.25, -0.2) is 14.6 Å². The normalized spacial score (nSPS) is 20.2. The van der Waals surface area contributed by atoms with Crippen LogP contribution in [0.5, 0.6) is 0 Å². The number of nitrogens with zero attached hydrogens (tertiary/aromatic N) is 5. The molecule has 0 spiro atoms. The molecule has 2 saturated carbocycles. The van der Waals surface area contributed by atoms with Crippen LogP contribution in [0.4, 0.5) is 5.82 Å². The Bertz CT molecular complexity index is 539. The first-order valence-electron chi connectivity index (χ1n) is 5.74. The minimum atomic E-state index is 0.508. The van der Waals surface area contributed by atoms with Gasteiger partial charge in [-0.1, -0.05) is 5.21 Å². The molecule has 2 aromatic heterocycles. The zero-order valence-corrected chi connectivity index (χ0v) is 8.80. The predicted octanol–water partition coefficient (Wildman–Crippen LogP) is 1.13. The Balaban J connectivity index is 1.83. The van der Waals surface area contributed by atoms with Crippen molar-refractivity contribution < 1.29 is 0 Å². The number of nitrogens with one attached hydrogen (secondary N) is 1. The van der Waals surface area contributed by atoms with Crippen molar-refractivity contribution in [2.75, 3.05) is 5.32 Å². The molecule has 82 valence electrons. The van der Waals surface area contributed by atoms with Crippen molar-refractivity contribution in [2.24, 2.45) is 0 Å². The number of anilines is 1. The number of hydrogen-bond donors (Lipinski definition) is 1. The maximum atomic E-state index is 4.28. The zero-order chi connectivity index (χ0) is 10.5. The molecule has 16 heavy (non-hydrogen) atoms. The van der Waals surface area contributed by atoms with Crippen molar-refractivity contribution in [3.8, 4) is 0 Å². The van der Waals surface area contributed by atoms with Crippen molar-refractivity contribution in [3.63, 3.8) is 0 Å². The number of hydrogen-bond acceptors (Lipinski definition) is 5. The Morgan fingerprint density at radius 3 is 2.81 bits per heavy atom. The number of fused-ring (bicyclic) bond motifs is 1. The third-order valence-electron chi connectivity index (χ3n) is 3.07. The lowest BCUT2D eigenvalue weighted by molar-refractivity contribution is 0.624. The van der Waals surface area contributed by atoms with Gasteiger partial charge in [0.15, 0.2) is 17.0 Å². The van der Waals surface area contributed by atoms with Gasteiger partial charge < -0.3 is 5.32 Å². The van der Waals surface area contributed by atoms with Crippen LogP contribution < -0.4 is 5.32 Å². The molecule has 0 atom stereocenters. The van der Waals surface area contributed by atoms with E-state index >= 15 is 0 Å². The second-order valence-electron chi connectivity index (χ2n) is 4.58. The lowest BCUT2D eigenvalue weighted by Crippen LogP contribution is -2.04. The van der Waals surface area contributed by atoms with Crippen LogP contribution >= 0.6 is 0 Å². The highest BCUT2D eigenvalue weighted by molar-refractivity contribution is 5.82. The van der Waals surface area contributed by atoms with Gasteiger partial charge in [0.1, 0.15) is 6.33 Å². The maximum Gasteiger partial charge on any atom is 0.184 e. The third kappa shape index (κ3) is 1.26. The van der Waals surface area contributed by atoms with E-state index < -0.39 is 0 Å². The summed E-state index contributed by atoms with van der Waals surface area (Å²) in [6.07, 6.45) is 6.42. The first-order chi connectivity index (χ1) is 7.92. The van der Waals surface area contributed by atoms with Crippen LogP contribution in [0, 0.1) is 0 Å². The van der Waals surface area contributed by atoms with E-state index in [4.69, 9.17) is 0 Å². The Kier molecular flexibility index (Phi) is 1.53. The fourth-order valence-corrected chi connectivity index (χ4v) is 1.86. The van der Waals surface area contributed by atoms with Crippen LogP contribution in [0.2, 0.25) is 0 Å². The average Bonchev–Trinajstić information content (AvgIpc) is 3.20. The second kappa shape index (κ2) is 2.90. The van der Waals surface area contributed by atoms with E-state index in [2.05, 4.69) is 25.6 Å². The topological polar surface area (TPSA) is 68.5 Å². The monoisotopic (exact) mass is 216 g/mol. The lowest BCUT2D eigenvalue weighted by atomic mass is 10.4. The van der Waals surface area contributed by atoms with Crippen LogP contribution in [0.1, 0.15) is 31.7 Å². The Labute approximate surface area is 92.1 Å². The quantitative estimate of drug-likeness (QED) is 0.833. The molecule has 6 heteroatoms. The van der Waals surface area contributed by atoms with Crippen LogP contribution in [0.3, 0.4) is 0 Å². The van der Waals surface area contributed by atoms with Crippen molar-refractivity contribution in [1.29, 1.82) is 0 Å². The molecule has 0 aliphatic heterocycles. The van der Waals surface area contributed by atoms with E-state index in [1.807, 2.05) is 4.68 Å². The van der Waals surface area contributed by atoms with E-state index in [9.17, 15) is 0 Å². The van der Waals surface area contributed by atoms with Crippen LogP contribution in [0.25, 0.3) is 11.2 Å². The van der Waals surface area contributed by atoms with Crippen LogP contribution in [-0.4, -0.2) is 31.0 Å². The summed E-state index contributed by atoms with van der Waals surface area (Å²) >= 11 is 0. The van der Waals surface area contributed by atoms with Gasteiger partial charge in [-0.2, -0.15) is 0 Å². The molecule has 0 amide bonds. The predicted molar refractivity (Wildman–Crippen MR) is 58.0 cm³/mol. The van der Waals surface area contributed by atoms with E-state index in [1.165, 1.54) is 25.7 Å². The molecule has 1 N–H and O–H groups in total. The first-order valence-corrected chi connectivity index (χ1v) is 5.74. The van der Waals surface area contributed by atoms with E-state index in [1.54, 1.807) is 6.33 Å². The van der Waals surface area contributed by atoms with E-state index in [0.717, 1.165) is 17.0 Å². The average molecular weight is 216 g/mol. The largest absolute Gasteiger partial charge is 0.365 e. The molecule has 0 unspecified atom stereocenters. The molecular weight excluding hydrogens is 204 g/mol. The van der Waals surface area contributed by atoms with Gasteiger partial charge >= 0.3 is 0 Å². The Morgan fingerprint density at radius 2 is 2.06 bits per heavy atom. The van der Waals surface area contributed by atoms with Gasteiger partial charge in [0, 0.05) is 6.04 Å². The highest BCUT2D eigenvalue weighted by Crippen LogP contribution is 2.36. The summed E-state index contributed by atoms with van der Waals surface area (Å²) in [4.78, 5) is 8.52.